The number of carbonyl (C=O) groups is 2. The molecule has 1 heterocycles. The summed E-state index contributed by atoms with van der Waals surface area (Å²) in [7, 11) is 1.71. The number of nitrogens with zero attached hydrogens (tertiary/aromatic N) is 3. The van der Waals surface area contributed by atoms with Crippen molar-refractivity contribution in [3.63, 3.8) is 0 Å². The Balaban J connectivity index is 1.32. The fourth-order valence-electron chi connectivity index (χ4n) is 3.71. The Hall–Kier alpha value is -3.22. The van der Waals surface area contributed by atoms with Gasteiger partial charge in [-0.15, -0.1) is 0 Å². The summed E-state index contributed by atoms with van der Waals surface area (Å²) in [6.45, 7) is 2.72. The minimum absolute atomic E-state index is 0.138. The molecule has 33 heavy (non-hydrogen) atoms. The molecule has 0 spiro atoms. The largest absolute Gasteiger partial charge is 0.368 e. The van der Waals surface area contributed by atoms with Crippen LogP contribution in [0.15, 0.2) is 72.8 Å². The number of hydrogen-bond acceptors (Lipinski definition) is 3. The van der Waals surface area contributed by atoms with E-state index in [9.17, 15) is 9.59 Å². The van der Waals surface area contributed by atoms with Crippen molar-refractivity contribution < 1.29 is 9.59 Å². The molecule has 1 fully saturated rings. The normalized spacial score (nSPS) is 13.5. The molecule has 6 nitrogen and oxygen atoms in total. The van der Waals surface area contributed by atoms with Crippen LogP contribution in [-0.2, 0) is 0 Å². The van der Waals surface area contributed by atoms with Crippen LogP contribution in [0.3, 0.4) is 0 Å². The van der Waals surface area contributed by atoms with E-state index in [4.69, 9.17) is 23.2 Å². The third-order valence-electron chi connectivity index (χ3n) is 5.64. The van der Waals surface area contributed by atoms with Gasteiger partial charge in [-0.2, -0.15) is 0 Å². The van der Waals surface area contributed by atoms with Gasteiger partial charge >= 0.3 is 6.03 Å². The Labute approximate surface area is 203 Å². The maximum absolute atomic E-state index is 12.7. The van der Waals surface area contributed by atoms with Gasteiger partial charge < -0.3 is 20.0 Å². The summed E-state index contributed by atoms with van der Waals surface area (Å²) in [6, 6.07) is 21.6. The number of halogens is 2. The van der Waals surface area contributed by atoms with E-state index in [1.807, 2.05) is 24.3 Å². The maximum atomic E-state index is 12.7. The van der Waals surface area contributed by atoms with Crippen LogP contribution >= 0.6 is 23.2 Å². The van der Waals surface area contributed by atoms with Gasteiger partial charge in [-0.25, -0.2) is 4.79 Å². The molecule has 1 N–H and O–H groups in total. The number of hydrogen-bond donors (Lipinski definition) is 1. The summed E-state index contributed by atoms with van der Waals surface area (Å²) in [6.07, 6.45) is 0. The van der Waals surface area contributed by atoms with Gasteiger partial charge in [0.15, 0.2) is 0 Å². The lowest BCUT2D eigenvalue weighted by molar-refractivity contribution is 0.0993. The van der Waals surface area contributed by atoms with Gasteiger partial charge in [0.2, 0.25) is 0 Å². The molecule has 0 aromatic heterocycles. The van der Waals surface area contributed by atoms with E-state index in [1.165, 1.54) is 0 Å². The topological polar surface area (TPSA) is 55.9 Å². The van der Waals surface area contributed by atoms with E-state index in [-0.39, 0.29) is 11.9 Å². The lowest BCUT2D eigenvalue weighted by Gasteiger charge is -2.36. The van der Waals surface area contributed by atoms with Crippen LogP contribution in [0, 0.1) is 0 Å². The van der Waals surface area contributed by atoms with E-state index in [0.29, 0.717) is 34.4 Å². The Morgan fingerprint density at radius 1 is 0.848 bits per heavy atom. The molecule has 8 heteroatoms. The quantitative estimate of drug-likeness (QED) is 0.524. The molecule has 3 aromatic rings. The summed E-state index contributed by atoms with van der Waals surface area (Å²) in [5, 5.41) is 4.23. The lowest BCUT2D eigenvalue weighted by Crippen LogP contribution is -2.50. The first-order valence-electron chi connectivity index (χ1n) is 10.6. The van der Waals surface area contributed by atoms with Gasteiger partial charge in [0.25, 0.3) is 5.91 Å². The van der Waals surface area contributed by atoms with Crippen molar-refractivity contribution in [1.29, 1.82) is 0 Å². The highest BCUT2D eigenvalue weighted by Crippen LogP contribution is 2.22. The van der Waals surface area contributed by atoms with Gasteiger partial charge in [0, 0.05) is 65.9 Å². The molecule has 170 valence electrons. The van der Waals surface area contributed by atoms with E-state index in [1.54, 1.807) is 65.4 Å². The molecule has 0 saturated carbocycles. The third-order valence-corrected chi connectivity index (χ3v) is 6.13. The summed E-state index contributed by atoms with van der Waals surface area (Å²) in [4.78, 5) is 30.9. The summed E-state index contributed by atoms with van der Waals surface area (Å²) >= 11 is 12.0. The summed E-state index contributed by atoms with van der Waals surface area (Å²) in [5.74, 6) is -0.138. The molecular formula is C25H24Cl2N4O2. The molecule has 4 rings (SSSR count). The second-order valence-electron chi connectivity index (χ2n) is 7.80. The molecule has 0 unspecified atom stereocenters. The Bertz CT molecular complexity index is 1130. The molecule has 3 aromatic carbocycles. The number of anilines is 3. The van der Waals surface area contributed by atoms with Crippen LogP contribution in [0.2, 0.25) is 10.0 Å². The smallest absolute Gasteiger partial charge is 0.321 e. The monoisotopic (exact) mass is 482 g/mol. The number of nitrogens with one attached hydrogen (secondary N) is 1. The van der Waals surface area contributed by atoms with E-state index in [2.05, 4.69) is 10.2 Å². The standard InChI is InChI=1S/C25H24Cl2N4O2/c1-29(24(32)18-5-7-19(26)8-6-18)22-11-9-21(10-12-22)28-25(33)31-15-13-30(14-16-31)23-4-2-3-20(27)17-23/h2-12,17H,13-16H2,1H3,(H,28,33). The average Bonchev–Trinajstić information content (AvgIpc) is 2.84. The molecule has 1 aliphatic rings. The highest BCUT2D eigenvalue weighted by atomic mass is 35.5. The summed E-state index contributed by atoms with van der Waals surface area (Å²) < 4.78 is 0. The molecule has 0 radical (unpaired) electrons. The van der Waals surface area contributed by atoms with Crippen LogP contribution < -0.4 is 15.1 Å². The second kappa shape index (κ2) is 10.1. The van der Waals surface area contributed by atoms with Crippen molar-refractivity contribution in [3.8, 4) is 0 Å². The molecule has 1 aliphatic heterocycles. The molecular weight excluding hydrogens is 459 g/mol. The van der Waals surface area contributed by atoms with Crippen molar-refractivity contribution in [1.82, 2.24) is 4.90 Å². The molecule has 3 amide bonds. The zero-order valence-corrected chi connectivity index (χ0v) is 19.7. The number of urea groups is 1. The number of amides is 3. The second-order valence-corrected chi connectivity index (χ2v) is 8.67. The van der Waals surface area contributed by atoms with Crippen LogP contribution in [-0.4, -0.2) is 50.1 Å². The first-order valence-corrected chi connectivity index (χ1v) is 11.4. The number of benzene rings is 3. The van der Waals surface area contributed by atoms with E-state index in [0.717, 1.165) is 24.5 Å². The fraction of sp³-hybridized carbons (Fsp3) is 0.200. The average molecular weight is 483 g/mol. The minimum Gasteiger partial charge on any atom is -0.368 e. The fourth-order valence-corrected chi connectivity index (χ4v) is 4.03. The number of carbonyl (C=O) groups excluding carboxylic acids is 2. The first kappa shape index (κ1) is 23.0. The lowest BCUT2D eigenvalue weighted by atomic mass is 10.2. The van der Waals surface area contributed by atoms with Crippen LogP contribution in [0.1, 0.15) is 10.4 Å². The number of piperazine rings is 1. The molecule has 0 bridgehead atoms. The minimum atomic E-state index is -0.140. The SMILES string of the molecule is CN(C(=O)c1ccc(Cl)cc1)c1ccc(NC(=O)N2CCN(c3cccc(Cl)c3)CC2)cc1. The Morgan fingerprint density at radius 3 is 2.15 bits per heavy atom. The van der Waals surface area contributed by atoms with Gasteiger partial charge in [-0.05, 0) is 66.7 Å². The van der Waals surface area contributed by atoms with Crippen molar-refractivity contribution in [3.05, 3.63) is 88.4 Å². The third kappa shape index (κ3) is 5.59. The van der Waals surface area contributed by atoms with Gasteiger partial charge in [0.05, 0.1) is 0 Å². The zero-order valence-electron chi connectivity index (χ0n) is 18.2. The highest BCUT2D eigenvalue weighted by Gasteiger charge is 2.21. The predicted octanol–water partition coefficient (Wildman–Crippen LogP) is 5.62. The first-order chi connectivity index (χ1) is 15.9. The van der Waals surface area contributed by atoms with E-state index < -0.39 is 0 Å². The van der Waals surface area contributed by atoms with Crippen LogP contribution in [0.5, 0.6) is 0 Å². The Kier molecular flexibility index (Phi) is 7.06. The van der Waals surface area contributed by atoms with E-state index >= 15 is 0 Å². The van der Waals surface area contributed by atoms with Crippen molar-refractivity contribution in [2.24, 2.45) is 0 Å². The molecule has 0 aliphatic carbocycles. The Morgan fingerprint density at radius 2 is 1.52 bits per heavy atom. The maximum Gasteiger partial charge on any atom is 0.321 e. The zero-order chi connectivity index (χ0) is 23.4. The van der Waals surface area contributed by atoms with Crippen LogP contribution in [0.4, 0.5) is 21.9 Å². The van der Waals surface area contributed by atoms with Crippen molar-refractivity contribution >= 4 is 52.2 Å². The predicted molar refractivity (Wildman–Crippen MR) is 135 cm³/mol. The van der Waals surface area contributed by atoms with Crippen LogP contribution in [0.25, 0.3) is 0 Å². The van der Waals surface area contributed by atoms with Crippen molar-refractivity contribution in [2.45, 2.75) is 0 Å². The summed E-state index contributed by atoms with van der Waals surface area (Å²) in [5.41, 5.74) is 3.02. The molecule has 1 saturated heterocycles. The van der Waals surface area contributed by atoms with Gasteiger partial charge in [0.1, 0.15) is 0 Å². The van der Waals surface area contributed by atoms with Gasteiger partial charge in [-0.1, -0.05) is 29.3 Å². The van der Waals surface area contributed by atoms with Crippen molar-refractivity contribution in [2.75, 3.05) is 48.3 Å². The highest BCUT2D eigenvalue weighted by molar-refractivity contribution is 6.31. The van der Waals surface area contributed by atoms with Gasteiger partial charge in [-0.3, -0.25) is 4.79 Å². The number of rotatable bonds is 4. The molecule has 0 atom stereocenters.